The molecule has 0 saturated carbocycles. The van der Waals surface area contributed by atoms with E-state index in [1.165, 1.54) is 4.88 Å². The molecule has 1 aromatic rings. The Labute approximate surface area is 124 Å². The third-order valence-corrected chi connectivity index (χ3v) is 3.63. The molecule has 0 aliphatic rings. The number of hydrogen-bond donors (Lipinski definition) is 1. The van der Waals surface area contributed by atoms with Crippen LogP contribution in [0.15, 0.2) is 11.4 Å². The van der Waals surface area contributed by atoms with Gasteiger partial charge in [0.2, 0.25) is 0 Å². The predicted molar refractivity (Wildman–Crippen MR) is 80.3 cm³/mol. The van der Waals surface area contributed by atoms with Gasteiger partial charge in [-0.2, -0.15) is 5.26 Å². The molecular formula is C15H20N2O2S. The summed E-state index contributed by atoms with van der Waals surface area (Å²) >= 11 is 1.67. The highest BCUT2D eigenvalue weighted by Gasteiger charge is 2.09. The first-order chi connectivity index (χ1) is 9.81. The van der Waals surface area contributed by atoms with Gasteiger partial charge in [0.05, 0.1) is 19.3 Å². The monoisotopic (exact) mass is 292 g/mol. The van der Waals surface area contributed by atoms with E-state index in [9.17, 15) is 0 Å². The number of nitriles is 1. The fraction of sp³-hybridized carbons (Fsp3) is 0.533. The van der Waals surface area contributed by atoms with Gasteiger partial charge in [-0.3, -0.25) is 4.90 Å². The standard InChI is InChI=1S/C15H20N2O2S/c1-19-11-9-17(8-4-7-16)13-15-14(6-12-20-15)5-2-3-10-18/h6,12,18H,3-4,8-11,13H2,1H3. The lowest BCUT2D eigenvalue weighted by Crippen LogP contribution is -2.27. The summed E-state index contributed by atoms with van der Waals surface area (Å²) < 4.78 is 5.10. The average molecular weight is 292 g/mol. The molecule has 0 fully saturated rings. The summed E-state index contributed by atoms with van der Waals surface area (Å²) in [6.45, 7) is 3.07. The lowest BCUT2D eigenvalue weighted by Gasteiger charge is -2.20. The molecule has 0 aliphatic carbocycles. The SMILES string of the molecule is COCCN(CCC#N)Cc1sccc1C#CCCO. The smallest absolute Gasteiger partial charge is 0.0635 e. The van der Waals surface area contributed by atoms with Crippen molar-refractivity contribution in [2.24, 2.45) is 0 Å². The Morgan fingerprint density at radius 2 is 2.25 bits per heavy atom. The third kappa shape index (κ3) is 6.18. The van der Waals surface area contributed by atoms with Crippen molar-refractivity contribution in [3.05, 3.63) is 21.9 Å². The van der Waals surface area contributed by atoms with Crippen LogP contribution in [-0.4, -0.2) is 43.4 Å². The van der Waals surface area contributed by atoms with E-state index in [2.05, 4.69) is 22.8 Å². The van der Waals surface area contributed by atoms with Gasteiger partial charge in [0.1, 0.15) is 0 Å². The first kappa shape index (κ1) is 16.7. The van der Waals surface area contributed by atoms with Crippen molar-refractivity contribution in [3.63, 3.8) is 0 Å². The molecule has 0 aliphatic heterocycles. The summed E-state index contributed by atoms with van der Waals surface area (Å²) in [5.41, 5.74) is 1.02. The van der Waals surface area contributed by atoms with E-state index >= 15 is 0 Å². The molecule has 5 heteroatoms. The molecule has 0 atom stereocenters. The van der Waals surface area contributed by atoms with E-state index in [1.54, 1.807) is 18.4 Å². The third-order valence-electron chi connectivity index (χ3n) is 2.72. The quantitative estimate of drug-likeness (QED) is 0.743. The van der Waals surface area contributed by atoms with Gasteiger partial charge >= 0.3 is 0 Å². The van der Waals surface area contributed by atoms with Gasteiger partial charge in [-0.1, -0.05) is 11.8 Å². The summed E-state index contributed by atoms with van der Waals surface area (Å²) in [4.78, 5) is 3.40. The van der Waals surface area contributed by atoms with Crippen LogP contribution in [0.3, 0.4) is 0 Å². The maximum absolute atomic E-state index is 8.75. The number of aliphatic hydroxyl groups excluding tert-OH is 1. The largest absolute Gasteiger partial charge is 0.395 e. The van der Waals surface area contributed by atoms with Crippen LogP contribution in [-0.2, 0) is 11.3 Å². The van der Waals surface area contributed by atoms with Crippen LogP contribution in [0, 0.1) is 23.2 Å². The van der Waals surface area contributed by atoms with Gasteiger partial charge in [-0.25, -0.2) is 0 Å². The fourth-order valence-corrected chi connectivity index (χ4v) is 2.56. The topological polar surface area (TPSA) is 56.5 Å². The van der Waals surface area contributed by atoms with Gasteiger partial charge in [0.25, 0.3) is 0 Å². The van der Waals surface area contributed by atoms with E-state index in [0.29, 0.717) is 19.4 Å². The Hall–Kier alpha value is -1.37. The van der Waals surface area contributed by atoms with Crippen molar-refractivity contribution < 1.29 is 9.84 Å². The molecule has 1 aromatic heterocycles. The van der Waals surface area contributed by atoms with Crippen molar-refractivity contribution in [2.75, 3.05) is 33.4 Å². The van der Waals surface area contributed by atoms with Crippen LogP contribution in [0.2, 0.25) is 0 Å². The number of methoxy groups -OCH3 is 1. The molecule has 0 radical (unpaired) electrons. The molecule has 0 aromatic carbocycles. The van der Waals surface area contributed by atoms with Gasteiger partial charge in [-0.05, 0) is 11.4 Å². The van der Waals surface area contributed by atoms with Crippen molar-refractivity contribution in [1.82, 2.24) is 4.90 Å². The zero-order chi connectivity index (χ0) is 14.6. The van der Waals surface area contributed by atoms with Crippen LogP contribution in [0.5, 0.6) is 0 Å². The molecule has 108 valence electrons. The normalized spacial score (nSPS) is 10.1. The predicted octanol–water partition coefficient (Wildman–Crippen LogP) is 1.84. The number of aliphatic hydroxyl groups is 1. The zero-order valence-electron chi connectivity index (χ0n) is 11.8. The molecule has 0 saturated heterocycles. The summed E-state index contributed by atoms with van der Waals surface area (Å²) in [6.07, 6.45) is 1.01. The van der Waals surface area contributed by atoms with E-state index < -0.39 is 0 Å². The zero-order valence-corrected chi connectivity index (χ0v) is 12.6. The highest BCUT2D eigenvalue weighted by atomic mass is 32.1. The Morgan fingerprint density at radius 1 is 1.40 bits per heavy atom. The van der Waals surface area contributed by atoms with E-state index in [1.807, 2.05) is 11.4 Å². The Morgan fingerprint density at radius 3 is 2.95 bits per heavy atom. The van der Waals surface area contributed by atoms with Gasteiger partial charge < -0.3 is 9.84 Å². The molecule has 1 rings (SSSR count). The number of nitrogens with zero attached hydrogens (tertiary/aromatic N) is 2. The van der Waals surface area contributed by atoms with Crippen molar-refractivity contribution in [2.45, 2.75) is 19.4 Å². The molecule has 0 amide bonds. The Bertz CT molecular complexity index is 482. The summed E-state index contributed by atoms with van der Waals surface area (Å²) in [7, 11) is 1.68. The fourth-order valence-electron chi connectivity index (χ4n) is 1.69. The minimum absolute atomic E-state index is 0.0919. The number of rotatable bonds is 8. The molecule has 0 unspecified atom stereocenters. The molecule has 0 bridgehead atoms. The van der Waals surface area contributed by atoms with Crippen molar-refractivity contribution in [3.8, 4) is 17.9 Å². The lowest BCUT2D eigenvalue weighted by molar-refractivity contribution is 0.146. The lowest BCUT2D eigenvalue weighted by atomic mass is 10.2. The molecule has 0 spiro atoms. The maximum atomic E-state index is 8.75. The van der Waals surface area contributed by atoms with Crippen LogP contribution in [0.25, 0.3) is 0 Å². The molecule has 20 heavy (non-hydrogen) atoms. The second-order valence-corrected chi connectivity index (χ2v) is 5.21. The van der Waals surface area contributed by atoms with Gasteiger partial charge in [0, 0.05) is 50.0 Å². The van der Waals surface area contributed by atoms with Crippen LogP contribution in [0.1, 0.15) is 23.3 Å². The van der Waals surface area contributed by atoms with E-state index in [4.69, 9.17) is 15.1 Å². The van der Waals surface area contributed by atoms with Gasteiger partial charge in [-0.15, -0.1) is 11.3 Å². The highest BCUT2D eigenvalue weighted by molar-refractivity contribution is 7.10. The maximum Gasteiger partial charge on any atom is 0.0635 e. The number of thiophene rings is 1. The van der Waals surface area contributed by atoms with Crippen molar-refractivity contribution in [1.29, 1.82) is 5.26 Å². The second kappa shape index (κ2) is 10.4. The van der Waals surface area contributed by atoms with Gasteiger partial charge in [0.15, 0.2) is 0 Å². The average Bonchev–Trinajstić information content (AvgIpc) is 2.89. The molecule has 1 N–H and O–H groups in total. The Balaban J connectivity index is 2.66. The second-order valence-electron chi connectivity index (χ2n) is 4.21. The summed E-state index contributed by atoms with van der Waals surface area (Å²) in [5.74, 6) is 6.04. The summed E-state index contributed by atoms with van der Waals surface area (Å²) in [5, 5.41) is 19.5. The van der Waals surface area contributed by atoms with Crippen LogP contribution < -0.4 is 0 Å². The van der Waals surface area contributed by atoms with Crippen LogP contribution in [0.4, 0.5) is 0 Å². The number of ether oxygens (including phenoxy) is 1. The Kier molecular flexibility index (Phi) is 8.69. The summed E-state index contributed by atoms with van der Waals surface area (Å²) in [6, 6.07) is 4.18. The number of hydrogen-bond acceptors (Lipinski definition) is 5. The molecule has 1 heterocycles. The van der Waals surface area contributed by atoms with Crippen LogP contribution >= 0.6 is 11.3 Å². The first-order valence-corrected chi connectivity index (χ1v) is 7.44. The highest BCUT2D eigenvalue weighted by Crippen LogP contribution is 2.18. The molecule has 4 nitrogen and oxygen atoms in total. The molecular weight excluding hydrogens is 272 g/mol. The minimum atomic E-state index is 0.0919. The van der Waals surface area contributed by atoms with Crippen molar-refractivity contribution >= 4 is 11.3 Å². The van der Waals surface area contributed by atoms with E-state index in [-0.39, 0.29) is 6.61 Å². The minimum Gasteiger partial charge on any atom is -0.395 e. The van der Waals surface area contributed by atoms with E-state index in [0.717, 1.165) is 25.2 Å². The first-order valence-electron chi connectivity index (χ1n) is 6.56.